The second-order valence-electron chi connectivity index (χ2n) is 6.46. The molecule has 0 bridgehead atoms. The molecule has 110 valence electrons. The molecule has 21 heavy (non-hydrogen) atoms. The number of benzene rings is 1. The van der Waals surface area contributed by atoms with Crippen LogP contribution in [0.2, 0.25) is 0 Å². The molecule has 0 fully saturated rings. The molecule has 1 aromatic rings. The zero-order chi connectivity index (χ0) is 14.7. The molecule has 0 heteroatoms. The van der Waals surface area contributed by atoms with Crippen molar-refractivity contribution in [3.63, 3.8) is 0 Å². The van der Waals surface area contributed by atoms with Gasteiger partial charge in [-0.15, -0.1) is 0 Å². The summed E-state index contributed by atoms with van der Waals surface area (Å²) in [5, 5.41) is 0. The second-order valence-corrected chi connectivity index (χ2v) is 6.46. The molecular weight excluding hydrogens is 252 g/mol. The average molecular weight is 278 g/mol. The fourth-order valence-electron chi connectivity index (χ4n) is 3.67. The molecule has 0 spiro atoms. The van der Waals surface area contributed by atoms with Gasteiger partial charge < -0.3 is 0 Å². The van der Waals surface area contributed by atoms with Crippen molar-refractivity contribution in [3.05, 3.63) is 64.8 Å². The SMILES string of the molecule is CCCCCc1ccc(C)c2c1C(CC1C=CC=C1)C=C2. The predicted octanol–water partition coefficient (Wildman–Crippen LogP) is 5.97. The molecule has 1 aromatic carbocycles. The van der Waals surface area contributed by atoms with E-state index in [4.69, 9.17) is 0 Å². The van der Waals surface area contributed by atoms with Crippen LogP contribution in [-0.4, -0.2) is 0 Å². The molecule has 0 radical (unpaired) electrons. The molecule has 0 aliphatic heterocycles. The van der Waals surface area contributed by atoms with Crippen LogP contribution in [0.4, 0.5) is 0 Å². The van der Waals surface area contributed by atoms with Crippen LogP contribution in [0.5, 0.6) is 0 Å². The molecule has 0 N–H and O–H groups in total. The molecular formula is C21H26. The Kier molecular flexibility index (Phi) is 4.43. The van der Waals surface area contributed by atoms with E-state index in [0.29, 0.717) is 11.8 Å². The van der Waals surface area contributed by atoms with Crippen molar-refractivity contribution in [1.29, 1.82) is 0 Å². The molecule has 0 saturated heterocycles. The summed E-state index contributed by atoms with van der Waals surface area (Å²) >= 11 is 0. The first-order valence-corrected chi connectivity index (χ1v) is 8.45. The molecule has 0 heterocycles. The first-order chi connectivity index (χ1) is 10.3. The van der Waals surface area contributed by atoms with Crippen molar-refractivity contribution in [2.75, 3.05) is 0 Å². The van der Waals surface area contributed by atoms with Crippen LogP contribution >= 0.6 is 0 Å². The molecule has 0 amide bonds. The standard InChI is InChI=1S/C21H26/c1-3-4-5-10-18-12-11-16(2)20-14-13-19(21(18)20)15-17-8-6-7-9-17/h6-9,11-14,17,19H,3-5,10,15H2,1-2H3. The number of hydrogen-bond donors (Lipinski definition) is 0. The molecule has 0 saturated carbocycles. The number of allylic oxidation sites excluding steroid dienone is 5. The quantitative estimate of drug-likeness (QED) is 0.562. The molecule has 2 aliphatic rings. The first kappa shape index (κ1) is 14.4. The molecule has 0 nitrogen and oxygen atoms in total. The van der Waals surface area contributed by atoms with E-state index in [-0.39, 0.29) is 0 Å². The van der Waals surface area contributed by atoms with E-state index in [2.05, 4.69) is 62.4 Å². The van der Waals surface area contributed by atoms with E-state index < -0.39 is 0 Å². The topological polar surface area (TPSA) is 0 Å². The molecule has 2 aliphatic carbocycles. The number of rotatable bonds is 6. The van der Waals surface area contributed by atoms with Crippen LogP contribution in [0.3, 0.4) is 0 Å². The van der Waals surface area contributed by atoms with Crippen molar-refractivity contribution >= 4 is 6.08 Å². The lowest BCUT2D eigenvalue weighted by molar-refractivity contribution is 0.648. The Morgan fingerprint density at radius 3 is 2.57 bits per heavy atom. The lowest BCUT2D eigenvalue weighted by Gasteiger charge is -2.19. The Hall–Kier alpha value is -1.56. The van der Waals surface area contributed by atoms with Gasteiger partial charge in [0.15, 0.2) is 0 Å². The molecule has 3 rings (SSSR count). The number of hydrogen-bond acceptors (Lipinski definition) is 0. The highest BCUT2D eigenvalue weighted by atomic mass is 14.3. The minimum atomic E-state index is 0.605. The zero-order valence-corrected chi connectivity index (χ0v) is 13.3. The van der Waals surface area contributed by atoms with Crippen LogP contribution in [0.15, 0.2) is 42.5 Å². The van der Waals surface area contributed by atoms with E-state index >= 15 is 0 Å². The van der Waals surface area contributed by atoms with Gasteiger partial charge in [-0.25, -0.2) is 0 Å². The van der Waals surface area contributed by atoms with E-state index in [1.807, 2.05) is 0 Å². The summed E-state index contributed by atoms with van der Waals surface area (Å²) in [4.78, 5) is 0. The van der Waals surface area contributed by atoms with Crippen LogP contribution in [0.1, 0.15) is 60.8 Å². The zero-order valence-electron chi connectivity index (χ0n) is 13.3. The van der Waals surface area contributed by atoms with Gasteiger partial charge in [0, 0.05) is 5.92 Å². The monoisotopic (exact) mass is 278 g/mol. The van der Waals surface area contributed by atoms with Crippen molar-refractivity contribution in [3.8, 4) is 0 Å². The van der Waals surface area contributed by atoms with Gasteiger partial charge in [-0.2, -0.15) is 0 Å². The minimum absolute atomic E-state index is 0.605. The van der Waals surface area contributed by atoms with Gasteiger partial charge in [0.2, 0.25) is 0 Å². The van der Waals surface area contributed by atoms with Gasteiger partial charge in [-0.1, -0.05) is 68.4 Å². The number of fused-ring (bicyclic) bond motifs is 1. The van der Waals surface area contributed by atoms with E-state index in [0.717, 1.165) is 0 Å². The Balaban J connectivity index is 1.83. The van der Waals surface area contributed by atoms with Gasteiger partial charge in [0.05, 0.1) is 0 Å². The Morgan fingerprint density at radius 2 is 1.81 bits per heavy atom. The fraction of sp³-hybridized carbons (Fsp3) is 0.429. The average Bonchev–Trinajstić information content (AvgIpc) is 3.13. The summed E-state index contributed by atoms with van der Waals surface area (Å²) in [6.45, 7) is 4.53. The third kappa shape index (κ3) is 3.05. The molecule has 1 unspecified atom stereocenters. The number of unbranched alkanes of at least 4 members (excludes halogenated alkanes) is 2. The number of aryl methyl sites for hydroxylation is 2. The summed E-state index contributed by atoms with van der Waals surface area (Å²) in [6.07, 6.45) is 20.2. The normalized spacial score (nSPS) is 19.6. The van der Waals surface area contributed by atoms with Crippen LogP contribution in [-0.2, 0) is 6.42 Å². The third-order valence-corrected chi connectivity index (χ3v) is 4.86. The third-order valence-electron chi connectivity index (χ3n) is 4.86. The Labute approximate surface area is 129 Å². The minimum Gasteiger partial charge on any atom is -0.0776 e. The van der Waals surface area contributed by atoms with Gasteiger partial charge >= 0.3 is 0 Å². The van der Waals surface area contributed by atoms with Crippen molar-refractivity contribution in [1.82, 2.24) is 0 Å². The van der Waals surface area contributed by atoms with Crippen LogP contribution in [0, 0.1) is 12.8 Å². The summed E-state index contributed by atoms with van der Waals surface area (Å²) in [7, 11) is 0. The van der Waals surface area contributed by atoms with E-state index in [9.17, 15) is 0 Å². The maximum absolute atomic E-state index is 2.43. The van der Waals surface area contributed by atoms with E-state index in [1.165, 1.54) is 43.2 Å². The summed E-state index contributed by atoms with van der Waals surface area (Å²) in [5.74, 6) is 1.23. The highest BCUT2D eigenvalue weighted by molar-refractivity contribution is 5.67. The molecule has 1 atom stereocenters. The van der Waals surface area contributed by atoms with Crippen LogP contribution in [0.25, 0.3) is 6.08 Å². The fourth-order valence-corrected chi connectivity index (χ4v) is 3.67. The highest BCUT2D eigenvalue weighted by Gasteiger charge is 2.24. The summed E-state index contributed by atoms with van der Waals surface area (Å²) in [5.41, 5.74) is 6.14. The molecule has 0 aromatic heterocycles. The smallest absolute Gasteiger partial charge is 0.00386 e. The second kappa shape index (κ2) is 6.47. The van der Waals surface area contributed by atoms with Gasteiger partial charge in [0.1, 0.15) is 0 Å². The maximum Gasteiger partial charge on any atom is 0.00386 e. The predicted molar refractivity (Wildman–Crippen MR) is 92.6 cm³/mol. The van der Waals surface area contributed by atoms with Crippen molar-refractivity contribution in [2.45, 2.75) is 51.9 Å². The summed E-state index contributed by atoms with van der Waals surface area (Å²) in [6, 6.07) is 4.69. The lowest BCUT2D eigenvalue weighted by atomic mass is 9.85. The van der Waals surface area contributed by atoms with E-state index in [1.54, 1.807) is 11.1 Å². The van der Waals surface area contributed by atoms with Crippen molar-refractivity contribution < 1.29 is 0 Å². The Morgan fingerprint density at radius 1 is 1.00 bits per heavy atom. The largest absolute Gasteiger partial charge is 0.0776 e. The summed E-state index contributed by atoms with van der Waals surface area (Å²) < 4.78 is 0. The van der Waals surface area contributed by atoms with Gasteiger partial charge in [0.25, 0.3) is 0 Å². The first-order valence-electron chi connectivity index (χ1n) is 8.45. The maximum atomic E-state index is 2.43. The Bertz CT molecular complexity index is 574. The van der Waals surface area contributed by atoms with Gasteiger partial charge in [-0.3, -0.25) is 0 Å². The van der Waals surface area contributed by atoms with Crippen LogP contribution < -0.4 is 0 Å². The van der Waals surface area contributed by atoms with Crippen molar-refractivity contribution in [2.24, 2.45) is 5.92 Å². The lowest BCUT2D eigenvalue weighted by Crippen LogP contribution is -2.05. The van der Waals surface area contributed by atoms with Gasteiger partial charge in [-0.05, 0) is 54.4 Å². The highest BCUT2D eigenvalue weighted by Crippen LogP contribution is 2.40.